The predicted octanol–water partition coefficient (Wildman–Crippen LogP) is 2.45. The van der Waals surface area contributed by atoms with Crippen LogP contribution in [-0.4, -0.2) is 11.5 Å². The van der Waals surface area contributed by atoms with Gasteiger partial charge in [-0.05, 0) is 6.42 Å². The van der Waals surface area contributed by atoms with Gasteiger partial charge in [0.1, 0.15) is 0 Å². The van der Waals surface area contributed by atoms with E-state index < -0.39 is 7.82 Å². The van der Waals surface area contributed by atoms with E-state index in [1.54, 1.807) is 0 Å². The summed E-state index contributed by atoms with van der Waals surface area (Å²) in [5.74, 6) is 0. The second-order valence-electron chi connectivity index (χ2n) is 2.28. The van der Waals surface area contributed by atoms with Gasteiger partial charge < -0.3 is 4.52 Å². The first kappa shape index (κ1) is 11.7. The number of phosphoric acid groups is 1. The Bertz CT molecular complexity index is 169. The highest BCUT2D eigenvalue weighted by Crippen LogP contribution is 2.43. The minimum atomic E-state index is -3.85. The van der Waals surface area contributed by atoms with Crippen molar-refractivity contribution in [1.82, 2.24) is 0 Å². The molecular weight excluding hydrogens is 179 g/mol. The van der Waals surface area contributed by atoms with Gasteiger partial charge >= 0.3 is 7.82 Å². The van der Waals surface area contributed by atoms with Crippen LogP contribution in [0.3, 0.4) is 0 Å². The van der Waals surface area contributed by atoms with Crippen LogP contribution < -0.4 is 0 Å². The SMILES string of the molecule is C=COP(=O)(O)OCCCCC. The van der Waals surface area contributed by atoms with Crippen LogP contribution in [-0.2, 0) is 13.6 Å². The molecule has 0 radical (unpaired) electrons. The van der Waals surface area contributed by atoms with Crippen molar-refractivity contribution in [2.75, 3.05) is 6.61 Å². The molecule has 1 N–H and O–H groups in total. The van der Waals surface area contributed by atoms with Crippen molar-refractivity contribution < 1.29 is 18.5 Å². The van der Waals surface area contributed by atoms with Gasteiger partial charge in [-0.3, -0.25) is 9.42 Å². The molecule has 4 nitrogen and oxygen atoms in total. The summed E-state index contributed by atoms with van der Waals surface area (Å²) in [6.45, 7) is 5.44. The average molecular weight is 194 g/mol. The molecule has 0 aromatic rings. The van der Waals surface area contributed by atoms with Crippen LogP contribution >= 0.6 is 7.82 Å². The highest BCUT2D eigenvalue weighted by Gasteiger charge is 2.19. The van der Waals surface area contributed by atoms with Crippen LogP contribution in [0.2, 0.25) is 0 Å². The Kier molecular flexibility index (Phi) is 6.07. The number of rotatable bonds is 7. The Morgan fingerprint density at radius 1 is 1.58 bits per heavy atom. The van der Waals surface area contributed by atoms with Crippen LogP contribution in [0, 0.1) is 0 Å². The fraction of sp³-hybridized carbons (Fsp3) is 0.714. The zero-order chi connectivity index (χ0) is 9.45. The fourth-order valence-electron chi connectivity index (χ4n) is 0.657. The molecule has 0 bridgehead atoms. The molecule has 0 heterocycles. The molecule has 0 spiro atoms. The summed E-state index contributed by atoms with van der Waals surface area (Å²) >= 11 is 0. The molecule has 0 aromatic carbocycles. The summed E-state index contributed by atoms with van der Waals surface area (Å²) in [6, 6.07) is 0. The Hall–Kier alpha value is -0.310. The molecule has 12 heavy (non-hydrogen) atoms. The second-order valence-corrected chi connectivity index (χ2v) is 3.69. The molecule has 0 saturated carbocycles. The Morgan fingerprint density at radius 3 is 2.75 bits per heavy atom. The third-order valence-electron chi connectivity index (χ3n) is 1.21. The molecule has 0 rings (SSSR count). The largest absolute Gasteiger partial charge is 0.526 e. The van der Waals surface area contributed by atoms with Gasteiger partial charge in [-0.15, -0.1) is 0 Å². The third kappa shape index (κ3) is 6.40. The number of hydrogen-bond donors (Lipinski definition) is 1. The Labute approximate surface area is 72.8 Å². The lowest BCUT2D eigenvalue weighted by atomic mass is 10.3. The smallest absolute Gasteiger partial charge is 0.413 e. The molecule has 0 aliphatic heterocycles. The first-order chi connectivity index (χ1) is 5.62. The molecule has 0 aromatic heterocycles. The highest BCUT2D eigenvalue weighted by atomic mass is 31.2. The van der Waals surface area contributed by atoms with Crippen molar-refractivity contribution in [2.45, 2.75) is 26.2 Å². The van der Waals surface area contributed by atoms with Gasteiger partial charge in [-0.1, -0.05) is 26.3 Å². The van der Waals surface area contributed by atoms with E-state index in [9.17, 15) is 4.57 Å². The van der Waals surface area contributed by atoms with Gasteiger partial charge in [0.15, 0.2) is 0 Å². The van der Waals surface area contributed by atoms with Crippen LogP contribution in [0.4, 0.5) is 0 Å². The van der Waals surface area contributed by atoms with Crippen LogP contribution in [0.5, 0.6) is 0 Å². The van der Waals surface area contributed by atoms with Gasteiger partial charge in [0.2, 0.25) is 0 Å². The maximum atomic E-state index is 10.8. The summed E-state index contributed by atoms with van der Waals surface area (Å²) in [5, 5.41) is 0. The van der Waals surface area contributed by atoms with E-state index in [2.05, 4.69) is 15.6 Å². The molecular formula is C7H15O4P. The summed E-state index contributed by atoms with van der Waals surface area (Å²) in [6.07, 6.45) is 3.69. The van der Waals surface area contributed by atoms with E-state index in [-0.39, 0.29) is 6.61 Å². The minimum Gasteiger partial charge on any atom is -0.413 e. The van der Waals surface area contributed by atoms with E-state index in [0.29, 0.717) is 0 Å². The summed E-state index contributed by atoms with van der Waals surface area (Å²) in [4.78, 5) is 8.85. The summed E-state index contributed by atoms with van der Waals surface area (Å²) in [7, 11) is -3.85. The fourth-order valence-corrected chi connectivity index (χ4v) is 1.27. The highest BCUT2D eigenvalue weighted by molar-refractivity contribution is 7.47. The standard InChI is InChI=1S/C7H15O4P/c1-3-5-6-7-11-12(8,9)10-4-2/h4H,2-3,5-7H2,1H3,(H,8,9). The van der Waals surface area contributed by atoms with Crippen LogP contribution in [0.1, 0.15) is 26.2 Å². The monoisotopic (exact) mass is 194 g/mol. The van der Waals surface area contributed by atoms with Crippen LogP contribution in [0.15, 0.2) is 12.8 Å². The van der Waals surface area contributed by atoms with Crippen molar-refractivity contribution in [3.8, 4) is 0 Å². The summed E-state index contributed by atoms with van der Waals surface area (Å²) < 4.78 is 19.7. The van der Waals surface area contributed by atoms with Crippen molar-refractivity contribution >= 4 is 7.82 Å². The van der Waals surface area contributed by atoms with Crippen molar-refractivity contribution in [2.24, 2.45) is 0 Å². The van der Waals surface area contributed by atoms with Crippen molar-refractivity contribution in [3.63, 3.8) is 0 Å². The zero-order valence-electron chi connectivity index (χ0n) is 7.23. The number of unbranched alkanes of at least 4 members (excludes halogenated alkanes) is 2. The van der Waals surface area contributed by atoms with Gasteiger partial charge in [-0.25, -0.2) is 4.57 Å². The number of hydrogen-bond acceptors (Lipinski definition) is 3. The molecule has 0 aliphatic carbocycles. The quantitative estimate of drug-likeness (QED) is 0.384. The van der Waals surface area contributed by atoms with Gasteiger partial charge in [0.05, 0.1) is 12.9 Å². The normalized spacial score (nSPS) is 15.2. The number of phosphoric ester groups is 1. The zero-order valence-corrected chi connectivity index (χ0v) is 8.13. The van der Waals surface area contributed by atoms with E-state index in [0.717, 1.165) is 25.5 Å². The second kappa shape index (κ2) is 6.23. The average Bonchev–Trinajstić information content (AvgIpc) is 1.98. The first-order valence-corrected chi connectivity index (χ1v) is 5.38. The maximum Gasteiger partial charge on any atom is 0.526 e. The molecule has 0 amide bonds. The maximum absolute atomic E-state index is 10.8. The summed E-state index contributed by atoms with van der Waals surface area (Å²) in [5.41, 5.74) is 0. The van der Waals surface area contributed by atoms with Crippen LogP contribution in [0.25, 0.3) is 0 Å². The molecule has 1 unspecified atom stereocenters. The topological polar surface area (TPSA) is 55.8 Å². The lowest BCUT2D eigenvalue weighted by molar-refractivity contribution is 0.185. The van der Waals surface area contributed by atoms with E-state index in [4.69, 9.17) is 4.89 Å². The first-order valence-electron chi connectivity index (χ1n) is 3.89. The molecule has 1 atom stereocenters. The lowest BCUT2D eigenvalue weighted by Crippen LogP contribution is -1.93. The van der Waals surface area contributed by atoms with Gasteiger partial charge in [-0.2, -0.15) is 0 Å². The third-order valence-corrected chi connectivity index (χ3v) is 2.13. The van der Waals surface area contributed by atoms with Crippen molar-refractivity contribution in [3.05, 3.63) is 12.8 Å². The van der Waals surface area contributed by atoms with E-state index in [1.807, 2.05) is 6.92 Å². The molecule has 0 aliphatic rings. The molecule has 0 fully saturated rings. The van der Waals surface area contributed by atoms with E-state index in [1.165, 1.54) is 0 Å². The molecule has 0 saturated heterocycles. The Balaban J connectivity index is 3.47. The van der Waals surface area contributed by atoms with Gasteiger partial charge in [0, 0.05) is 0 Å². The predicted molar refractivity (Wildman–Crippen MR) is 46.6 cm³/mol. The van der Waals surface area contributed by atoms with E-state index >= 15 is 0 Å². The van der Waals surface area contributed by atoms with Crippen molar-refractivity contribution in [1.29, 1.82) is 0 Å². The molecule has 5 heteroatoms. The Morgan fingerprint density at radius 2 is 2.25 bits per heavy atom. The lowest BCUT2D eigenvalue weighted by Gasteiger charge is -2.08. The minimum absolute atomic E-state index is 0.245. The molecule has 72 valence electrons. The van der Waals surface area contributed by atoms with Gasteiger partial charge in [0.25, 0.3) is 0 Å².